The summed E-state index contributed by atoms with van der Waals surface area (Å²) in [5.41, 5.74) is 9.34. The highest BCUT2D eigenvalue weighted by molar-refractivity contribution is 7.80. The molecule has 0 amide bonds. The van der Waals surface area contributed by atoms with Crippen LogP contribution in [0.4, 0.5) is 0 Å². The van der Waals surface area contributed by atoms with Crippen molar-refractivity contribution in [2.24, 2.45) is 0 Å². The Bertz CT molecular complexity index is 1310. The van der Waals surface area contributed by atoms with Crippen LogP contribution in [-0.2, 0) is 6.54 Å². The number of pyridine rings is 2. The molecule has 0 saturated carbocycles. The molecule has 1 aliphatic heterocycles. The van der Waals surface area contributed by atoms with Crippen molar-refractivity contribution in [3.63, 3.8) is 0 Å². The Labute approximate surface area is 206 Å². The lowest BCUT2D eigenvalue weighted by atomic mass is 9.96. The summed E-state index contributed by atoms with van der Waals surface area (Å²) < 4.78 is 2.35. The Morgan fingerprint density at radius 1 is 0.882 bits per heavy atom. The monoisotopic (exact) mass is 467 g/mol. The Kier molecular flexibility index (Phi) is 5.92. The van der Waals surface area contributed by atoms with E-state index in [9.17, 15) is 0 Å². The van der Waals surface area contributed by atoms with Crippen molar-refractivity contribution in [1.82, 2.24) is 24.8 Å². The highest BCUT2D eigenvalue weighted by Crippen LogP contribution is 2.42. The van der Waals surface area contributed by atoms with E-state index in [1.807, 2.05) is 42.7 Å². The number of hydrogen-bond acceptors (Lipinski definition) is 3. The topological polar surface area (TPSA) is 46.0 Å². The van der Waals surface area contributed by atoms with E-state index in [1.165, 1.54) is 33.8 Å². The summed E-state index contributed by atoms with van der Waals surface area (Å²) in [6, 6.07) is 21.0. The summed E-state index contributed by atoms with van der Waals surface area (Å²) in [5.74, 6) is 0. The van der Waals surface area contributed by atoms with Crippen LogP contribution in [0.25, 0.3) is 5.69 Å². The Morgan fingerprint density at radius 3 is 2.24 bits per heavy atom. The van der Waals surface area contributed by atoms with E-state index in [0.29, 0.717) is 6.54 Å². The standard InChI is InChI=1S/C28H29N5S/c1-18-13-19(2)15-23(14-18)33-20(3)16-24(21(33)4)27-26(25-10-6-8-12-30-25)31-28(34)32(27)17-22-9-5-7-11-29-22/h5-16,26-27H,17H2,1-4H3,(H,31,34)/t26-,27+/m0/s1. The highest BCUT2D eigenvalue weighted by Gasteiger charge is 2.41. The molecule has 1 saturated heterocycles. The van der Waals surface area contributed by atoms with Crippen molar-refractivity contribution in [3.05, 3.63) is 113 Å². The van der Waals surface area contributed by atoms with Crippen LogP contribution >= 0.6 is 12.2 Å². The first-order valence-electron chi connectivity index (χ1n) is 11.6. The fraction of sp³-hybridized carbons (Fsp3) is 0.250. The molecule has 0 unspecified atom stereocenters. The third-order valence-electron chi connectivity index (χ3n) is 6.51. The summed E-state index contributed by atoms with van der Waals surface area (Å²) in [6.07, 6.45) is 3.68. The summed E-state index contributed by atoms with van der Waals surface area (Å²) in [7, 11) is 0. The zero-order valence-corrected chi connectivity index (χ0v) is 20.8. The molecule has 4 aromatic rings. The molecule has 4 heterocycles. The van der Waals surface area contributed by atoms with E-state index < -0.39 is 0 Å². The van der Waals surface area contributed by atoms with Gasteiger partial charge in [-0.2, -0.15) is 0 Å². The van der Waals surface area contributed by atoms with Gasteiger partial charge in [0.05, 0.1) is 30.0 Å². The quantitative estimate of drug-likeness (QED) is 0.383. The van der Waals surface area contributed by atoms with Gasteiger partial charge in [0.15, 0.2) is 5.11 Å². The average Bonchev–Trinajstić information content (AvgIpc) is 3.29. The molecule has 1 N–H and O–H groups in total. The molecule has 0 radical (unpaired) electrons. The zero-order chi connectivity index (χ0) is 23.8. The lowest BCUT2D eigenvalue weighted by Gasteiger charge is -2.28. The van der Waals surface area contributed by atoms with Crippen molar-refractivity contribution < 1.29 is 0 Å². The minimum Gasteiger partial charge on any atom is -0.352 e. The van der Waals surface area contributed by atoms with Crippen molar-refractivity contribution in [1.29, 1.82) is 0 Å². The van der Waals surface area contributed by atoms with Crippen molar-refractivity contribution >= 4 is 17.3 Å². The van der Waals surface area contributed by atoms with Crippen LogP contribution in [0, 0.1) is 27.7 Å². The Hall–Kier alpha value is -3.51. The van der Waals surface area contributed by atoms with Crippen molar-refractivity contribution in [3.8, 4) is 5.69 Å². The van der Waals surface area contributed by atoms with Gasteiger partial charge in [-0.1, -0.05) is 18.2 Å². The second kappa shape index (κ2) is 9.03. The molecule has 0 spiro atoms. The average molecular weight is 468 g/mol. The first-order chi connectivity index (χ1) is 16.4. The number of hydrogen-bond donors (Lipinski definition) is 1. The molecular formula is C28H29N5S. The molecule has 2 atom stereocenters. The first kappa shape index (κ1) is 22.3. The lowest BCUT2D eigenvalue weighted by Crippen LogP contribution is -2.29. The molecule has 0 aliphatic carbocycles. The third kappa shape index (κ3) is 4.10. The number of aromatic nitrogens is 3. The van der Waals surface area contributed by atoms with E-state index >= 15 is 0 Å². The number of benzene rings is 1. The number of nitrogens with one attached hydrogen (secondary N) is 1. The predicted octanol–water partition coefficient (Wildman–Crippen LogP) is 5.67. The number of aryl methyl sites for hydroxylation is 3. The van der Waals surface area contributed by atoms with Gasteiger partial charge in [-0.15, -0.1) is 0 Å². The molecule has 5 nitrogen and oxygen atoms in total. The smallest absolute Gasteiger partial charge is 0.170 e. The van der Waals surface area contributed by atoms with Gasteiger partial charge in [-0.25, -0.2) is 0 Å². The Morgan fingerprint density at radius 2 is 1.59 bits per heavy atom. The van der Waals surface area contributed by atoms with E-state index in [4.69, 9.17) is 12.2 Å². The molecule has 34 heavy (non-hydrogen) atoms. The number of rotatable bonds is 5. The molecular weight excluding hydrogens is 438 g/mol. The lowest BCUT2D eigenvalue weighted by molar-refractivity contribution is 0.307. The van der Waals surface area contributed by atoms with Gasteiger partial charge in [-0.05, 0) is 99.1 Å². The van der Waals surface area contributed by atoms with Crippen LogP contribution in [0.5, 0.6) is 0 Å². The summed E-state index contributed by atoms with van der Waals surface area (Å²) in [4.78, 5) is 11.5. The van der Waals surface area contributed by atoms with Gasteiger partial charge >= 0.3 is 0 Å². The van der Waals surface area contributed by atoms with Crippen molar-refractivity contribution in [2.75, 3.05) is 0 Å². The Balaban J connectivity index is 1.63. The van der Waals surface area contributed by atoms with Gasteiger partial charge in [-0.3, -0.25) is 9.97 Å². The maximum Gasteiger partial charge on any atom is 0.170 e. The van der Waals surface area contributed by atoms with E-state index in [-0.39, 0.29) is 12.1 Å². The van der Waals surface area contributed by atoms with Crippen LogP contribution in [-0.4, -0.2) is 24.5 Å². The van der Waals surface area contributed by atoms with Crippen LogP contribution in [0.15, 0.2) is 73.1 Å². The molecule has 172 valence electrons. The second-order valence-corrected chi connectivity index (χ2v) is 9.47. The normalized spacial score (nSPS) is 17.8. The van der Waals surface area contributed by atoms with Gasteiger partial charge in [0, 0.05) is 29.5 Å². The van der Waals surface area contributed by atoms with Gasteiger partial charge < -0.3 is 14.8 Å². The maximum absolute atomic E-state index is 5.86. The molecule has 3 aromatic heterocycles. The third-order valence-corrected chi connectivity index (χ3v) is 6.86. The summed E-state index contributed by atoms with van der Waals surface area (Å²) in [6.45, 7) is 9.31. The largest absolute Gasteiger partial charge is 0.352 e. The molecule has 0 bridgehead atoms. The van der Waals surface area contributed by atoms with E-state index in [1.54, 1.807) is 0 Å². The van der Waals surface area contributed by atoms with Crippen LogP contribution < -0.4 is 5.32 Å². The molecule has 1 fully saturated rings. The van der Waals surface area contributed by atoms with Crippen molar-refractivity contribution in [2.45, 2.75) is 46.3 Å². The summed E-state index contributed by atoms with van der Waals surface area (Å²) in [5, 5.41) is 4.29. The van der Waals surface area contributed by atoms with Gasteiger partial charge in [0.2, 0.25) is 0 Å². The van der Waals surface area contributed by atoms with Crippen LogP contribution in [0.3, 0.4) is 0 Å². The minimum absolute atomic E-state index is 0.00439. The fourth-order valence-corrected chi connectivity index (χ4v) is 5.45. The molecule has 6 heteroatoms. The highest BCUT2D eigenvalue weighted by atomic mass is 32.1. The minimum atomic E-state index is -0.0504. The fourth-order valence-electron chi connectivity index (χ4n) is 5.14. The second-order valence-electron chi connectivity index (χ2n) is 9.08. The number of thiocarbonyl (C=S) groups is 1. The first-order valence-corrected chi connectivity index (χ1v) is 12.0. The maximum atomic E-state index is 5.86. The zero-order valence-electron chi connectivity index (χ0n) is 20.0. The van der Waals surface area contributed by atoms with E-state index in [0.717, 1.165) is 16.5 Å². The molecule has 5 rings (SSSR count). The molecule has 1 aliphatic rings. The number of nitrogens with zero attached hydrogens (tertiary/aromatic N) is 4. The van der Waals surface area contributed by atoms with Gasteiger partial charge in [0.25, 0.3) is 0 Å². The van der Waals surface area contributed by atoms with Crippen LogP contribution in [0.2, 0.25) is 0 Å². The van der Waals surface area contributed by atoms with E-state index in [2.05, 4.69) is 82.8 Å². The molecule has 1 aromatic carbocycles. The van der Waals surface area contributed by atoms with Gasteiger partial charge in [0.1, 0.15) is 0 Å². The SMILES string of the molecule is Cc1cc(C)cc(-n2c(C)cc([C@@H]3[C@H](c4ccccn4)NC(=S)N3Cc3ccccn3)c2C)c1. The summed E-state index contributed by atoms with van der Waals surface area (Å²) >= 11 is 5.86. The predicted molar refractivity (Wildman–Crippen MR) is 140 cm³/mol. The van der Waals surface area contributed by atoms with Crippen LogP contribution in [0.1, 0.15) is 51.5 Å².